The van der Waals surface area contributed by atoms with Gasteiger partial charge in [0.25, 0.3) is 0 Å². The fraction of sp³-hybridized carbons (Fsp3) is 0.474. The Kier molecular flexibility index (Phi) is 6.53. The number of hydrogen-bond donors (Lipinski definition) is 1. The summed E-state index contributed by atoms with van der Waals surface area (Å²) in [4.78, 5) is 23.9. The van der Waals surface area contributed by atoms with Crippen LogP contribution in [0.25, 0.3) is 0 Å². The zero-order chi connectivity index (χ0) is 16.7. The summed E-state index contributed by atoms with van der Waals surface area (Å²) < 4.78 is 5.25. The molecule has 0 aromatic heterocycles. The number of ether oxygens (including phenoxy) is 1. The van der Waals surface area contributed by atoms with Gasteiger partial charge in [0.05, 0.1) is 18.8 Å². The average Bonchev–Trinajstić information content (AvgIpc) is 2.58. The van der Waals surface area contributed by atoms with Gasteiger partial charge in [0.2, 0.25) is 0 Å². The van der Waals surface area contributed by atoms with Crippen molar-refractivity contribution >= 4 is 11.8 Å². The highest BCUT2D eigenvalue weighted by Gasteiger charge is 2.19. The van der Waals surface area contributed by atoms with Crippen LogP contribution >= 0.6 is 0 Å². The predicted octanol–water partition coefficient (Wildman–Crippen LogP) is 4.04. The van der Waals surface area contributed by atoms with Crippen molar-refractivity contribution in [2.75, 3.05) is 13.2 Å². The summed E-state index contributed by atoms with van der Waals surface area (Å²) in [5.74, 6) is -0.945. The molecule has 124 valence electrons. The van der Waals surface area contributed by atoms with E-state index < -0.39 is 5.97 Å². The van der Waals surface area contributed by atoms with Crippen LogP contribution in [0.5, 0.6) is 0 Å². The fourth-order valence-electron chi connectivity index (χ4n) is 2.80. The monoisotopic (exact) mass is 316 g/mol. The van der Waals surface area contributed by atoms with Crippen molar-refractivity contribution < 1.29 is 19.4 Å². The maximum absolute atomic E-state index is 12.7. The Morgan fingerprint density at radius 3 is 2.70 bits per heavy atom. The van der Waals surface area contributed by atoms with Crippen LogP contribution in [-0.4, -0.2) is 30.1 Å². The van der Waals surface area contributed by atoms with Crippen molar-refractivity contribution in [2.45, 2.75) is 45.4 Å². The van der Waals surface area contributed by atoms with Gasteiger partial charge in [-0.1, -0.05) is 32.3 Å². The maximum Gasteiger partial charge on any atom is 0.335 e. The third-order valence-corrected chi connectivity index (χ3v) is 4.15. The van der Waals surface area contributed by atoms with E-state index in [1.807, 2.05) is 6.08 Å². The van der Waals surface area contributed by atoms with Gasteiger partial charge in [-0.25, -0.2) is 4.79 Å². The summed E-state index contributed by atoms with van der Waals surface area (Å²) in [6.45, 7) is 3.19. The molecular formula is C19H24O4. The molecule has 0 aliphatic carbocycles. The number of aryl methyl sites for hydroxylation is 1. The quantitative estimate of drug-likeness (QED) is 0.581. The van der Waals surface area contributed by atoms with Crippen LogP contribution in [0.15, 0.2) is 29.8 Å². The number of carboxylic acid groups (broad SMARTS) is 1. The molecule has 1 heterocycles. The summed E-state index contributed by atoms with van der Waals surface area (Å²) in [5.41, 5.74) is 2.50. The second kappa shape index (κ2) is 8.63. The van der Waals surface area contributed by atoms with Crippen molar-refractivity contribution in [3.8, 4) is 0 Å². The molecular weight excluding hydrogens is 292 g/mol. The second-order valence-corrected chi connectivity index (χ2v) is 5.87. The van der Waals surface area contributed by atoms with E-state index in [9.17, 15) is 14.7 Å². The van der Waals surface area contributed by atoms with Crippen LogP contribution in [0, 0.1) is 0 Å². The molecule has 0 bridgehead atoms. The molecule has 0 atom stereocenters. The molecule has 4 heteroatoms. The van der Waals surface area contributed by atoms with Crippen LogP contribution in [0.2, 0.25) is 0 Å². The number of rotatable bonds is 8. The number of carboxylic acids is 1. The molecule has 0 fully saturated rings. The predicted molar refractivity (Wildman–Crippen MR) is 89.1 cm³/mol. The van der Waals surface area contributed by atoms with E-state index >= 15 is 0 Å². The standard InChI is InChI=1S/C19H24O4/c1-2-3-4-5-6-15-13-16(19(21)22)7-8-17(15)18(20)14-9-11-23-12-10-14/h7-9,13H,2-6,10-12H2,1H3,(H,21,22). The third-order valence-electron chi connectivity index (χ3n) is 4.15. The zero-order valence-corrected chi connectivity index (χ0v) is 13.6. The SMILES string of the molecule is CCCCCCc1cc(C(=O)O)ccc1C(=O)C1=CCOCC1. The van der Waals surface area contributed by atoms with Gasteiger partial charge < -0.3 is 9.84 Å². The fourth-order valence-corrected chi connectivity index (χ4v) is 2.80. The molecule has 0 radical (unpaired) electrons. The lowest BCUT2D eigenvalue weighted by atomic mass is 9.91. The summed E-state index contributed by atoms with van der Waals surface area (Å²) in [5, 5.41) is 9.18. The molecule has 1 aromatic carbocycles. The minimum atomic E-state index is -0.955. The summed E-state index contributed by atoms with van der Waals surface area (Å²) in [6.07, 6.45) is 7.56. The zero-order valence-electron chi connectivity index (χ0n) is 13.6. The topological polar surface area (TPSA) is 63.6 Å². The van der Waals surface area contributed by atoms with Gasteiger partial charge in [0, 0.05) is 11.1 Å². The highest BCUT2D eigenvalue weighted by atomic mass is 16.5. The van der Waals surface area contributed by atoms with E-state index in [-0.39, 0.29) is 11.3 Å². The number of hydrogen-bond acceptors (Lipinski definition) is 3. The van der Waals surface area contributed by atoms with E-state index in [0.29, 0.717) is 25.2 Å². The van der Waals surface area contributed by atoms with Crippen molar-refractivity contribution in [1.82, 2.24) is 0 Å². The van der Waals surface area contributed by atoms with Gasteiger partial charge >= 0.3 is 5.97 Å². The van der Waals surface area contributed by atoms with Gasteiger partial charge in [-0.2, -0.15) is 0 Å². The summed E-state index contributed by atoms with van der Waals surface area (Å²) in [6, 6.07) is 4.84. The highest BCUT2D eigenvalue weighted by Crippen LogP contribution is 2.22. The Morgan fingerprint density at radius 1 is 1.22 bits per heavy atom. The van der Waals surface area contributed by atoms with E-state index in [1.165, 1.54) is 6.07 Å². The number of ketones is 1. The van der Waals surface area contributed by atoms with E-state index in [1.54, 1.807) is 12.1 Å². The van der Waals surface area contributed by atoms with E-state index in [0.717, 1.165) is 43.2 Å². The lowest BCUT2D eigenvalue weighted by Gasteiger charge is -2.15. The smallest absolute Gasteiger partial charge is 0.335 e. The number of carbonyl (C=O) groups excluding carboxylic acids is 1. The Labute approximate surface area is 137 Å². The Bertz CT molecular complexity index is 601. The minimum Gasteiger partial charge on any atom is -0.478 e. The molecule has 1 aromatic rings. The molecule has 1 aliphatic rings. The first kappa shape index (κ1) is 17.4. The first-order valence-corrected chi connectivity index (χ1v) is 8.31. The molecule has 1 N–H and O–H groups in total. The molecule has 4 nitrogen and oxygen atoms in total. The Balaban J connectivity index is 2.23. The molecule has 0 spiro atoms. The largest absolute Gasteiger partial charge is 0.478 e. The third kappa shape index (κ3) is 4.76. The van der Waals surface area contributed by atoms with Crippen LogP contribution in [0.3, 0.4) is 0 Å². The lowest BCUT2D eigenvalue weighted by Crippen LogP contribution is -2.14. The molecule has 1 aliphatic heterocycles. The van der Waals surface area contributed by atoms with Gasteiger partial charge in [0.15, 0.2) is 5.78 Å². The first-order valence-electron chi connectivity index (χ1n) is 8.31. The molecule has 23 heavy (non-hydrogen) atoms. The van der Waals surface area contributed by atoms with E-state index in [2.05, 4.69) is 6.92 Å². The average molecular weight is 316 g/mol. The van der Waals surface area contributed by atoms with Crippen molar-refractivity contribution in [3.63, 3.8) is 0 Å². The Morgan fingerprint density at radius 2 is 2.04 bits per heavy atom. The second-order valence-electron chi connectivity index (χ2n) is 5.87. The van der Waals surface area contributed by atoms with Crippen LogP contribution in [0.1, 0.15) is 65.3 Å². The van der Waals surface area contributed by atoms with Crippen LogP contribution in [-0.2, 0) is 11.2 Å². The van der Waals surface area contributed by atoms with Crippen molar-refractivity contribution in [1.29, 1.82) is 0 Å². The number of aromatic carboxylic acids is 1. The molecule has 0 unspecified atom stereocenters. The number of carbonyl (C=O) groups is 2. The van der Waals surface area contributed by atoms with Gasteiger partial charge in [-0.3, -0.25) is 4.79 Å². The first-order chi connectivity index (χ1) is 11.1. The van der Waals surface area contributed by atoms with Gasteiger partial charge in [-0.15, -0.1) is 0 Å². The molecule has 0 saturated carbocycles. The van der Waals surface area contributed by atoms with Crippen LogP contribution < -0.4 is 0 Å². The van der Waals surface area contributed by atoms with Gasteiger partial charge in [-0.05, 0) is 43.0 Å². The summed E-state index contributed by atoms with van der Waals surface area (Å²) >= 11 is 0. The molecule has 2 rings (SSSR count). The molecule has 0 amide bonds. The van der Waals surface area contributed by atoms with E-state index in [4.69, 9.17) is 4.74 Å². The highest BCUT2D eigenvalue weighted by molar-refractivity contribution is 6.10. The summed E-state index contributed by atoms with van der Waals surface area (Å²) in [7, 11) is 0. The Hall–Kier alpha value is -1.94. The lowest BCUT2D eigenvalue weighted by molar-refractivity contribution is 0.0696. The molecule has 0 saturated heterocycles. The normalized spacial score (nSPS) is 14.4. The van der Waals surface area contributed by atoms with Gasteiger partial charge in [0.1, 0.15) is 0 Å². The van der Waals surface area contributed by atoms with Crippen molar-refractivity contribution in [2.24, 2.45) is 0 Å². The minimum absolute atomic E-state index is 0.00994. The number of unbranched alkanes of at least 4 members (excludes halogenated alkanes) is 3. The van der Waals surface area contributed by atoms with Crippen LogP contribution in [0.4, 0.5) is 0 Å². The maximum atomic E-state index is 12.7. The number of Topliss-reactive ketones (excluding diaryl/α,β-unsaturated/α-hetero) is 1. The van der Waals surface area contributed by atoms with Crippen molar-refractivity contribution in [3.05, 3.63) is 46.5 Å². The number of benzene rings is 1.